The first-order valence-electron chi connectivity index (χ1n) is 5.40. The highest BCUT2D eigenvalue weighted by Gasteiger charge is 1.92. The lowest BCUT2D eigenvalue weighted by molar-refractivity contribution is 1.30. The van der Waals surface area contributed by atoms with Crippen LogP contribution in [-0.4, -0.2) is 4.98 Å². The predicted molar refractivity (Wildman–Crippen MR) is 67.8 cm³/mol. The first-order chi connectivity index (χ1) is 6.86. The molecule has 2 rings (SSSR count). The zero-order valence-corrected chi connectivity index (χ0v) is 9.89. The summed E-state index contributed by atoms with van der Waals surface area (Å²) >= 11 is 0. The summed E-state index contributed by atoms with van der Waals surface area (Å²) < 4.78 is 0. The molecule has 0 aliphatic heterocycles. The second-order valence-electron chi connectivity index (χ2n) is 2.54. The van der Waals surface area contributed by atoms with Crippen LogP contribution in [0, 0.1) is 6.92 Å². The van der Waals surface area contributed by atoms with E-state index in [9.17, 15) is 0 Å². The molecule has 0 unspecified atom stereocenters. The van der Waals surface area contributed by atoms with Gasteiger partial charge in [-0.2, -0.15) is 0 Å². The molecule has 0 aliphatic carbocycles. The summed E-state index contributed by atoms with van der Waals surface area (Å²) in [5.74, 6) is 0. The fraction of sp³-hybridized carbons (Fsp3) is 0.385. The molecule has 0 saturated heterocycles. The van der Waals surface area contributed by atoms with Crippen molar-refractivity contribution in [3.63, 3.8) is 0 Å². The molecule has 80 valence electrons. The van der Waals surface area contributed by atoms with E-state index in [1.54, 1.807) is 0 Å². The van der Waals surface area contributed by atoms with Crippen LogP contribution in [0.15, 0.2) is 30.3 Å². The van der Waals surface area contributed by atoms with Gasteiger partial charge in [0.2, 0.25) is 0 Å². The van der Waals surface area contributed by atoms with E-state index < -0.39 is 0 Å². The number of aromatic nitrogens is 1. The molecule has 0 radical (unpaired) electrons. The molecule has 0 spiro atoms. The van der Waals surface area contributed by atoms with Crippen molar-refractivity contribution in [2.24, 2.45) is 0 Å². The Morgan fingerprint density at radius 1 is 1.00 bits per heavy atom. The molecule has 0 fully saturated rings. The summed E-state index contributed by atoms with van der Waals surface area (Å²) in [6.45, 7) is 10.1. The van der Waals surface area contributed by atoms with Crippen molar-refractivity contribution in [3.05, 3.63) is 36.0 Å². The van der Waals surface area contributed by atoms with Crippen LogP contribution >= 0.6 is 0 Å². The number of hydrogen-bond donors (Lipinski definition) is 1. The molecule has 1 N–H and O–H groups in total. The van der Waals surface area contributed by atoms with Crippen LogP contribution < -0.4 is 0 Å². The Hall–Kier alpha value is -1.24. The first-order valence-corrected chi connectivity index (χ1v) is 5.40. The Kier molecular flexibility index (Phi) is 6.55. The average molecular weight is 193 g/mol. The van der Waals surface area contributed by atoms with Gasteiger partial charge < -0.3 is 4.98 Å². The van der Waals surface area contributed by atoms with Crippen molar-refractivity contribution < 1.29 is 1.43 Å². The van der Waals surface area contributed by atoms with Gasteiger partial charge in [-0.25, -0.2) is 0 Å². The number of aryl methyl sites for hydroxylation is 1. The van der Waals surface area contributed by atoms with E-state index in [-0.39, 0.29) is 1.43 Å². The number of hydrogen-bond acceptors (Lipinski definition) is 0. The van der Waals surface area contributed by atoms with Crippen LogP contribution in [0.3, 0.4) is 0 Å². The number of rotatable bonds is 0. The van der Waals surface area contributed by atoms with E-state index >= 15 is 0 Å². The zero-order chi connectivity index (χ0) is 11.0. The molecule has 1 aromatic carbocycles. The van der Waals surface area contributed by atoms with Gasteiger partial charge >= 0.3 is 0 Å². The van der Waals surface area contributed by atoms with Gasteiger partial charge in [0.25, 0.3) is 0 Å². The quantitative estimate of drug-likeness (QED) is 0.620. The summed E-state index contributed by atoms with van der Waals surface area (Å²) in [7, 11) is 0. The molecule has 1 nitrogen and oxygen atoms in total. The summed E-state index contributed by atoms with van der Waals surface area (Å²) in [5.41, 5.74) is 2.45. The maximum atomic E-state index is 3.26. The minimum atomic E-state index is 0. The van der Waals surface area contributed by atoms with Gasteiger partial charge in [0.15, 0.2) is 0 Å². The average Bonchev–Trinajstić information content (AvgIpc) is 2.64. The molecule has 0 atom stereocenters. The van der Waals surface area contributed by atoms with E-state index in [2.05, 4.69) is 36.2 Å². The number of para-hydroxylation sites is 1. The molecular weight excluding hydrogens is 170 g/mol. The zero-order valence-electron chi connectivity index (χ0n) is 9.89. The highest BCUT2D eigenvalue weighted by molar-refractivity contribution is 5.79. The van der Waals surface area contributed by atoms with Crippen LogP contribution in [0.1, 0.15) is 34.8 Å². The third-order valence-electron chi connectivity index (χ3n) is 1.66. The number of nitrogens with one attached hydrogen (secondary N) is 1. The van der Waals surface area contributed by atoms with Crippen LogP contribution in [-0.2, 0) is 0 Å². The Bertz CT molecular complexity index is 319. The molecule has 1 heterocycles. The number of aromatic amines is 1. The lowest BCUT2D eigenvalue weighted by atomic mass is 10.2. The van der Waals surface area contributed by atoms with E-state index in [0.717, 1.165) is 0 Å². The van der Waals surface area contributed by atoms with Gasteiger partial charge in [0.1, 0.15) is 0 Å². The highest BCUT2D eigenvalue weighted by Crippen LogP contribution is 2.12. The second-order valence-corrected chi connectivity index (χ2v) is 2.54. The van der Waals surface area contributed by atoms with Crippen LogP contribution in [0.4, 0.5) is 0 Å². The largest absolute Gasteiger partial charge is 0.359 e. The van der Waals surface area contributed by atoms with Gasteiger partial charge in [-0.15, -0.1) is 0 Å². The normalized spacial score (nSPS) is 8.36. The third kappa shape index (κ3) is 3.25. The monoisotopic (exact) mass is 193 g/mol. The van der Waals surface area contributed by atoms with E-state index in [1.165, 1.54) is 16.6 Å². The molecule has 1 heteroatoms. The topological polar surface area (TPSA) is 15.8 Å². The maximum absolute atomic E-state index is 3.26. The van der Waals surface area contributed by atoms with Gasteiger partial charge in [0.05, 0.1) is 0 Å². The Morgan fingerprint density at radius 3 is 2.14 bits per heavy atom. The summed E-state index contributed by atoms with van der Waals surface area (Å²) in [5, 5.41) is 1.29. The molecule has 0 bridgehead atoms. The second kappa shape index (κ2) is 7.19. The van der Waals surface area contributed by atoms with Crippen molar-refractivity contribution >= 4 is 10.9 Å². The lowest BCUT2D eigenvalue weighted by Crippen LogP contribution is -1.65. The molecule has 14 heavy (non-hydrogen) atoms. The maximum Gasteiger partial charge on any atom is 0.0455 e. The van der Waals surface area contributed by atoms with Gasteiger partial charge in [0, 0.05) is 12.6 Å². The number of H-pyrrole nitrogens is 1. The lowest BCUT2D eigenvalue weighted by Gasteiger charge is -1.83. The van der Waals surface area contributed by atoms with Crippen molar-refractivity contribution in [1.29, 1.82) is 0 Å². The van der Waals surface area contributed by atoms with Gasteiger partial charge in [-0.1, -0.05) is 45.9 Å². The Labute approximate surface area is 88.6 Å². The number of fused-ring (bicyclic) bond motifs is 1. The van der Waals surface area contributed by atoms with E-state index in [4.69, 9.17) is 0 Å². The smallest absolute Gasteiger partial charge is 0.0455 e. The van der Waals surface area contributed by atoms with Gasteiger partial charge in [-0.05, 0) is 24.4 Å². The predicted octanol–water partition coefficient (Wildman–Crippen LogP) is 4.77. The highest BCUT2D eigenvalue weighted by atomic mass is 14.7. The molecular formula is C13H23N. The molecule has 2 aromatic rings. The van der Waals surface area contributed by atoms with Gasteiger partial charge in [-0.3, -0.25) is 0 Å². The number of benzene rings is 1. The molecule has 0 saturated carbocycles. The minimum absolute atomic E-state index is 0. The molecule has 0 aliphatic rings. The fourth-order valence-corrected chi connectivity index (χ4v) is 1.22. The van der Waals surface area contributed by atoms with Crippen molar-refractivity contribution in [2.45, 2.75) is 34.6 Å². The summed E-state index contributed by atoms with van der Waals surface area (Å²) in [4.78, 5) is 3.26. The Morgan fingerprint density at radius 2 is 1.57 bits per heavy atom. The van der Waals surface area contributed by atoms with Crippen LogP contribution in [0.25, 0.3) is 10.9 Å². The van der Waals surface area contributed by atoms with Crippen LogP contribution in [0.2, 0.25) is 0 Å². The van der Waals surface area contributed by atoms with E-state index in [1.807, 2.05) is 33.8 Å². The van der Waals surface area contributed by atoms with Crippen molar-refractivity contribution in [1.82, 2.24) is 4.98 Å². The molecule has 1 aromatic heterocycles. The standard InChI is InChI=1S/C9H9N.2C2H6.H2/c1-7-6-8-4-2-3-5-9(8)10-7;2*1-2;/h2-6,10H,1H3;2*1-2H3;1H. The molecule has 0 amide bonds. The summed E-state index contributed by atoms with van der Waals surface area (Å²) in [6, 6.07) is 10.4. The fourth-order valence-electron chi connectivity index (χ4n) is 1.22. The minimum Gasteiger partial charge on any atom is -0.359 e. The van der Waals surface area contributed by atoms with E-state index in [0.29, 0.717) is 0 Å². The first kappa shape index (κ1) is 12.8. The Balaban J connectivity index is 0. The van der Waals surface area contributed by atoms with Crippen molar-refractivity contribution in [3.8, 4) is 0 Å². The summed E-state index contributed by atoms with van der Waals surface area (Å²) in [6.07, 6.45) is 0. The third-order valence-corrected chi connectivity index (χ3v) is 1.66. The van der Waals surface area contributed by atoms with Crippen LogP contribution in [0.5, 0.6) is 0 Å². The SMILES string of the molecule is CC.CC.Cc1cc2ccccc2[nH]1.[HH]. The van der Waals surface area contributed by atoms with Crippen molar-refractivity contribution in [2.75, 3.05) is 0 Å².